The van der Waals surface area contributed by atoms with Gasteiger partial charge in [-0.1, -0.05) is 49.6 Å². The Hall–Kier alpha value is -1.88. The van der Waals surface area contributed by atoms with Gasteiger partial charge in [-0.3, -0.25) is 4.79 Å². The van der Waals surface area contributed by atoms with E-state index in [9.17, 15) is 19.8 Å². The first-order valence-corrected chi connectivity index (χ1v) is 7.36. The highest BCUT2D eigenvalue weighted by molar-refractivity contribution is 5.85. The number of rotatable bonds is 5. The quantitative estimate of drug-likeness (QED) is 0.773. The number of aliphatic hydroxyl groups excluding tert-OH is 1. The van der Waals surface area contributed by atoms with Gasteiger partial charge in [-0.05, 0) is 18.4 Å². The zero-order valence-electron chi connectivity index (χ0n) is 11.9. The van der Waals surface area contributed by atoms with Crippen LogP contribution in [0.25, 0.3) is 0 Å². The maximum absolute atomic E-state index is 12.2. The van der Waals surface area contributed by atoms with E-state index in [0.29, 0.717) is 5.56 Å². The molecule has 0 saturated heterocycles. The molecule has 2 unspecified atom stereocenters. The average Bonchev–Trinajstić information content (AvgIpc) is 2.53. The van der Waals surface area contributed by atoms with Crippen molar-refractivity contribution in [1.82, 2.24) is 5.32 Å². The molecule has 0 bridgehead atoms. The number of aliphatic hydroxyl groups is 1. The van der Waals surface area contributed by atoms with Gasteiger partial charge in [-0.25, -0.2) is 4.79 Å². The maximum atomic E-state index is 12.2. The second-order valence-electron chi connectivity index (χ2n) is 5.51. The fraction of sp³-hybridized carbons (Fsp3) is 0.500. The first-order valence-electron chi connectivity index (χ1n) is 7.36. The van der Waals surface area contributed by atoms with E-state index in [4.69, 9.17) is 0 Å². The second kappa shape index (κ2) is 7.22. The minimum absolute atomic E-state index is 0.136. The Balaban J connectivity index is 2.05. The number of nitrogens with one attached hydrogen (secondary N) is 1. The lowest BCUT2D eigenvalue weighted by Gasteiger charge is -2.25. The average molecular weight is 291 g/mol. The summed E-state index contributed by atoms with van der Waals surface area (Å²) >= 11 is 0. The predicted molar refractivity (Wildman–Crippen MR) is 77.5 cm³/mol. The van der Waals surface area contributed by atoms with Crippen molar-refractivity contribution >= 4 is 11.9 Å². The van der Waals surface area contributed by atoms with Crippen LogP contribution in [0.1, 0.15) is 43.8 Å². The number of amides is 1. The summed E-state index contributed by atoms with van der Waals surface area (Å²) in [6, 6.07) is 7.20. The molecule has 1 saturated carbocycles. The number of carbonyl (C=O) groups excluding carboxylic acids is 1. The van der Waals surface area contributed by atoms with E-state index in [0.717, 1.165) is 32.1 Å². The standard InChI is InChI=1S/C16H21NO4/c18-14(11-7-3-1-4-8-11)13(16(20)21)17-15(19)12-9-5-2-6-10-12/h1,3-4,7-8,12-14,18H,2,5-6,9-10H2,(H,17,19)(H,20,21). The fourth-order valence-electron chi connectivity index (χ4n) is 2.75. The molecule has 1 aliphatic carbocycles. The number of hydrogen-bond acceptors (Lipinski definition) is 3. The first kappa shape index (κ1) is 15.5. The van der Waals surface area contributed by atoms with Crippen molar-refractivity contribution in [2.45, 2.75) is 44.2 Å². The van der Waals surface area contributed by atoms with Crippen LogP contribution in [-0.2, 0) is 9.59 Å². The van der Waals surface area contributed by atoms with Crippen LogP contribution in [0.3, 0.4) is 0 Å². The van der Waals surface area contributed by atoms with E-state index < -0.39 is 18.1 Å². The Morgan fingerprint density at radius 1 is 1.10 bits per heavy atom. The van der Waals surface area contributed by atoms with E-state index in [-0.39, 0.29) is 11.8 Å². The highest BCUT2D eigenvalue weighted by Gasteiger charge is 2.32. The molecular weight excluding hydrogens is 270 g/mol. The highest BCUT2D eigenvalue weighted by Crippen LogP contribution is 2.24. The minimum Gasteiger partial charge on any atom is -0.480 e. The third kappa shape index (κ3) is 4.04. The van der Waals surface area contributed by atoms with Gasteiger partial charge in [0.2, 0.25) is 5.91 Å². The van der Waals surface area contributed by atoms with Gasteiger partial charge >= 0.3 is 5.97 Å². The molecule has 0 heterocycles. The summed E-state index contributed by atoms with van der Waals surface area (Å²) in [5.74, 6) is -1.63. The van der Waals surface area contributed by atoms with Gasteiger partial charge in [-0.15, -0.1) is 0 Å². The minimum atomic E-state index is -1.32. The largest absolute Gasteiger partial charge is 0.480 e. The SMILES string of the molecule is O=C(NC(C(=O)O)C(O)c1ccccc1)C1CCCCC1. The zero-order chi connectivity index (χ0) is 15.2. The number of benzene rings is 1. The molecular formula is C16H21NO4. The molecule has 5 nitrogen and oxygen atoms in total. The third-order valence-electron chi connectivity index (χ3n) is 4.00. The molecule has 1 aromatic rings. The summed E-state index contributed by atoms with van der Waals surface area (Å²) in [5, 5.41) is 22.0. The van der Waals surface area contributed by atoms with Crippen LogP contribution in [0, 0.1) is 5.92 Å². The van der Waals surface area contributed by atoms with Crippen molar-refractivity contribution in [2.75, 3.05) is 0 Å². The van der Waals surface area contributed by atoms with E-state index >= 15 is 0 Å². The van der Waals surface area contributed by atoms with Crippen LogP contribution in [-0.4, -0.2) is 28.1 Å². The van der Waals surface area contributed by atoms with Crippen molar-refractivity contribution < 1.29 is 19.8 Å². The normalized spacial score (nSPS) is 18.7. The summed E-state index contributed by atoms with van der Waals surface area (Å²) in [7, 11) is 0. The topological polar surface area (TPSA) is 86.6 Å². The zero-order valence-corrected chi connectivity index (χ0v) is 11.9. The molecule has 5 heteroatoms. The molecule has 21 heavy (non-hydrogen) atoms. The predicted octanol–water partition coefficient (Wildman–Crippen LogP) is 1.87. The van der Waals surface area contributed by atoms with Crippen LogP contribution < -0.4 is 5.32 Å². The molecule has 1 fully saturated rings. The summed E-state index contributed by atoms with van der Waals surface area (Å²) in [6.07, 6.45) is 3.45. The lowest BCUT2D eigenvalue weighted by Crippen LogP contribution is -2.47. The summed E-state index contributed by atoms with van der Waals surface area (Å²) in [5.41, 5.74) is 0.480. The van der Waals surface area contributed by atoms with E-state index in [1.807, 2.05) is 0 Å². The Morgan fingerprint density at radius 2 is 1.71 bits per heavy atom. The van der Waals surface area contributed by atoms with Crippen molar-refractivity contribution in [2.24, 2.45) is 5.92 Å². The molecule has 1 aliphatic rings. The number of aliphatic carboxylic acids is 1. The van der Waals surface area contributed by atoms with Crippen LogP contribution >= 0.6 is 0 Å². The highest BCUT2D eigenvalue weighted by atomic mass is 16.4. The van der Waals surface area contributed by atoms with Crippen molar-refractivity contribution in [3.8, 4) is 0 Å². The van der Waals surface area contributed by atoms with Gasteiger partial charge in [0.15, 0.2) is 6.04 Å². The number of carboxylic acid groups (broad SMARTS) is 1. The van der Waals surface area contributed by atoms with Crippen LogP contribution in [0.4, 0.5) is 0 Å². The molecule has 0 radical (unpaired) electrons. The van der Waals surface area contributed by atoms with Crippen molar-refractivity contribution in [3.05, 3.63) is 35.9 Å². The smallest absolute Gasteiger partial charge is 0.329 e. The van der Waals surface area contributed by atoms with Crippen molar-refractivity contribution in [1.29, 1.82) is 0 Å². The molecule has 1 amide bonds. The third-order valence-corrected chi connectivity index (χ3v) is 4.00. The lowest BCUT2D eigenvalue weighted by atomic mass is 9.88. The Kier molecular flexibility index (Phi) is 5.33. The molecule has 1 aromatic carbocycles. The maximum Gasteiger partial charge on any atom is 0.329 e. The van der Waals surface area contributed by atoms with Gasteiger partial charge in [0, 0.05) is 5.92 Å². The first-order chi connectivity index (χ1) is 10.1. The molecule has 2 atom stereocenters. The molecule has 3 N–H and O–H groups in total. The molecule has 2 rings (SSSR count). The Bertz CT molecular complexity index is 482. The van der Waals surface area contributed by atoms with Gasteiger partial charge < -0.3 is 15.5 Å². The van der Waals surface area contributed by atoms with Gasteiger partial charge in [-0.2, -0.15) is 0 Å². The van der Waals surface area contributed by atoms with Gasteiger partial charge in [0.1, 0.15) is 6.10 Å². The molecule has 0 spiro atoms. The van der Waals surface area contributed by atoms with E-state index in [2.05, 4.69) is 5.32 Å². The van der Waals surface area contributed by atoms with Crippen LogP contribution in [0.2, 0.25) is 0 Å². The summed E-state index contributed by atoms with van der Waals surface area (Å²) in [4.78, 5) is 23.5. The molecule has 114 valence electrons. The van der Waals surface area contributed by atoms with E-state index in [1.54, 1.807) is 30.3 Å². The summed E-state index contributed by atoms with van der Waals surface area (Å²) < 4.78 is 0. The monoisotopic (exact) mass is 291 g/mol. The van der Waals surface area contributed by atoms with Gasteiger partial charge in [0.05, 0.1) is 0 Å². The molecule has 0 aliphatic heterocycles. The van der Waals surface area contributed by atoms with Gasteiger partial charge in [0.25, 0.3) is 0 Å². The lowest BCUT2D eigenvalue weighted by molar-refractivity contribution is -0.146. The fourth-order valence-corrected chi connectivity index (χ4v) is 2.75. The van der Waals surface area contributed by atoms with Crippen LogP contribution in [0.15, 0.2) is 30.3 Å². The van der Waals surface area contributed by atoms with Crippen LogP contribution in [0.5, 0.6) is 0 Å². The molecule has 0 aromatic heterocycles. The second-order valence-corrected chi connectivity index (χ2v) is 5.51. The number of carboxylic acids is 1. The van der Waals surface area contributed by atoms with Crippen molar-refractivity contribution in [3.63, 3.8) is 0 Å². The Morgan fingerprint density at radius 3 is 2.29 bits per heavy atom. The van der Waals surface area contributed by atoms with E-state index in [1.165, 1.54) is 0 Å². The summed E-state index contributed by atoms with van der Waals surface area (Å²) in [6.45, 7) is 0. The number of carbonyl (C=O) groups is 2. The number of hydrogen-bond donors (Lipinski definition) is 3. The Labute approximate surface area is 124 Å².